The lowest BCUT2D eigenvalue weighted by Gasteiger charge is -2.12. The minimum Gasteiger partial charge on any atom is -0.482 e. The molecule has 170 valence electrons. The molecule has 30 heavy (non-hydrogen) atoms. The average Bonchev–Trinajstić information content (AvgIpc) is 2.72. The Balaban J connectivity index is 2.28. The fourth-order valence-electron chi connectivity index (χ4n) is 3.41. The van der Waals surface area contributed by atoms with Gasteiger partial charge in [0, 0.05) is 6.07 Å². The molecule has 0 bridgehead atoms. The van der Waals surface area contributed by atoms with Crippen molar-refractivity contribution in [2.24, 2.45) is 0 Å². The summed E-state index contributed by atoms with van der Waals surface area (Å²) in [4.78, 5) is 21.5. The minimum absolute atomic E-state index is 0.358. The molecular formula is C24H38O6. The summed E-state index contributed by atoms with van der Waals surface area (Å²) in [6, 6.07) is 5.10. The van der Waals surface area contributed by atoms with Gasteiger partial charge in [0.25, 0.3) is 0 Å². The molecule has 1 aromatic carbocycles. The van der Waals surface area contributed by atoms with Gasteiger partial charge in [0.1, 0.15) is 11.5 Å². The summed E-state index contributed by atoms with van der Waals surface area (Å²) >= 11 is 0. The summed E-state index contributed by atoms with van der Waals surface area (Å²) in [5, 5.41) is 17.6. The van der Waals surface area contributed by atoms with E-state index in [2.05, 4.69) is 6.92 Å². The molecule has 6 heteroatoms. The van der Waals surface area contributed by atoms with Gasteiger partial charge in [-0.05, 0) is 24.5 Å². The number of aliphatic carboxylic acids is 2. The van der Waals surface area contributed by atoms with Crippen LogP contribution in [-0.2, 0) is 16.0 Å². The van der Waals surface area contributed by atoms with Gasteiger partial charge in [-0.25, -0.2) is 9.59 Å². The highest BCUT2D eigenvalue weighted by Crippen LogP contribution is 2.27. The Labute approximate surface area is 180 Å². The normalized spacial score (nSPS) is 10.7. The second kappa shape index (κ2) is 16.5. The third-order valence-electron chi connectivity index (χ3n) is 5.05. The Hall–Kier alpha value is -2.24. The molecule has 0 aliphatic heterocycles. The molecule has 1 aromatic rings. The lowest BCUT2D eigenvalue weighted by atomic mass is 10.0. The first-order chi connectivity index (χ1) is 14.5. The van der Waals surface area contributed by atoms with Gasteiger partial charge in [0.2, 0.25) is 0 Å². The average molecular weight is 423 g/mol. The monoisotopic (exact) mass is 422 g/mol. The van der Waals surface area contributed by atoms with E-state index in [-0.39, 0.29) is 0 Å². The van der Waals surface area contributed by atoms with Crippen LogP contribution >= 0.6 is 0 Å². The van der Waals surface area contributed by atoms with E-state index >= 15 is 0 Å². The number of carboxylic acid groups (broad SMARTS) is 2. The van der Waals surface area contributed by atoms with E-state index in [1.54, 1.807) is 12.1 Å². The lowest BCUT2D eigenvalue weighted by Crippen LogP contribution is -2.12. The van der Waals surface area contributed by atoms with Crippen LogP contribution in [0.2, 0.25) is 0 Å². The summed E-state index contributed by atoms with van der Waals surface area (Å²) in [6.45, 7) is 1.36. The number of ether oxygens (including phenoxy) is 2. The zero-order valence-electron chi connectivity index (χ0n) is 18.4. The van der Waals surface area contributed by atoms with E-state index in [4.69, 9.17) is 19.7 Å². The summed E-state index contributed by atoms with van der Waals surface area (Å²) in [7, 11) is 0. The molecule has 0 amide bonds. The molecule has 0 aliphatic rings. The molecular weight excluding hydrogens is 384 g/mol. The zero-order chi connectivity index (χ0) is 22.0. The number of hydrogen-bond donors (Lipinski definition) is 2. The molecule has 0 atom stereocenters. The van der Waals surface area contributed by atoms with E-state index in [1.165, 1.54) is 64.2 Å². The number of carboxylic acids is 2. The molecule has 2 N–H and O–H groups in total. The smallest absolute Gasteiger partial charge is 0.341 e. The van der Waals surface area contributed by atoms with Crippen LogP contribution in [0.3, 0.4) is 0 Å². The van der Waals surface area contributed by atoms with Crippen molar-refractivity contribution in [2.75, 3.05) is 13.2 Å². The Morgan fingerprint density at radius 2 is 1.23 bits per heavy atom. The van der Waals surface area contributed by atoms with Gasteiger partial charge in [-0.2, -0.15) is 0 Å². The van der Waals surface area contributed by atoms with E-state index in [9.17, 15) is 9.59 Å². The number of carbonyl (C=O) groups is 2. The summed E-state index contributed by atoms with van der Waals surface area (Å²) in [5.74, 6) is -1.31. The predicted octanol–water partition coefficient (Wildman–Crippen LogP) is 5.86. The van der Waals surface area contributed by atoms with Gasteiger partial charge < -0.3 is 19.7 Å². The summed E-state index contributed by atoms with van der Waals surface area (Å²) in [5.41, 5.74) is 0.922. The first-order valence-electron chi connectivity index (χ1n) is 11.3. The zero-order valence-corrected chi connectivity index (χ0v) is 18.4. The van der Waals surface area contributed by atoms with Crippen molar-refractivity contribution >= 4 is 11.9 Å². The molecule has 6 nitrogen and oxygen atoms in total. The molecule has 0 saturated carbocycles. The molecule has 0 aliphatic carbocycles. The van der Waals surface area contributed by atoms with E-state index in [0.29, 0.717) is 11.5 Å². The van der Waals surface area contributed by atoms with Gasteiger partial charge in [-0.1, -0.05) is 83.6 Å². The topological polar surface area (TPSA) is 93.1 Å². The Kier molecular flexibility index (Phi) is 14.2. The van der Waals surface area contributed by atoms with Crippen LogP contribution in [-0.4, -0.2) is 35.4 Å². The van der Waals surface area contributed by atoms with Crippen LogP contribution in [0.15, 0.2) is 18.2 Å². The third kappa shape index (κ3) is 13.1. The van der Waals surface area contributed by atoms with Crippen molar-refractivity contribution in [3.8, 4) is 11.5 Å². The van der Waals surface area contributed by atoms with Crippen LogP contribution < -0.4 is 9.47 Å². The standard InChI is InChI=1S/C24H38O6/c1-2-3-4-5-6-7-8-9-10-11-12-13-14-20-15-16-21(29-18-23(25)26)17-22(20)30-19-24(27)28/h15-17H,2-14,18-19H2,1H3,(H,25,26)(H,27,28). The summed E-state index contributed by atoms with van der Waals surface area (Å²) in [6.07, 6.45) is 16.2. The van der Waals surface area contributed by atoms with Crippen LogP contribution in [0, 0.1) is 0 Å². The number of unbranched alkanes of at least 4 members (excludes halogenated alkanes) is 11. The third-order valence-corrected chi connectivity index (χ3v) is 5.05. The van der Waals surface area contributed by atoms with E-state index in [0.717, 1.165) is 24.8 Å². The van der Waals surface area contributed by atoms with Crippen LogP contribution in [0.5, 0.6) is 11.5 Å². The van der Waals surface area contributed by atoms with Crippen molar-refractivity contribution in [1.82, 2.24) is 0 Å². The van der Waals surface area contributed by atoms with Crippen LogP contribution in [0.4, 0.5) is 0 Å². The largest absolute Gasteiger partial charge is 0.482 e. The fourth-order valence-corrected chi connectivity index (χ4v) is 3.41. The van der Waals surface area contributed by atoms with Crippen molar-refractivity contribution < 1.29 is 29.3 Å². The number of hydrogen-bond acceptors (Lipinski definition) is 4. The van der Waals surface area contributed by atoms with Crippen molar-refractivity contribution in [2.45, 2.75) is 90.4 Å². The highest BCUT2D eigenvalue weighted by atomic mass is 16.5. The van der Waals surface area contributed by atoms with Crippen molar-refractivity contribution in [3.63, 3.8) is 0 Å². The van der Waals surface area contributed by atoms with Crippen molar-refractivity contribution in [3.05, 3.63) is 23.8 Å². The molecule has 0 saturated heterocycles. The number of benzene rings is 1. The first kappa shape index (κ1) is 25.8. The second-order valence-corrected chi connectivity index (χ2v) is 7.77. The molecule has 0 fully saturated rings. The van der Waals surface area contributed by atoms with Gasteiger partial charge in [-0.3, -0.25) is 0 Å². The molecule has 0 aromatic heterocycles. The Morgan fingerprint density at radius 1 is 0.733 bits per heavy atom. The van der Waals surface area contributed by atoms with E-state index in [1.807, 2.05) is 6.07 Å². The van der Waals surface area contributed by atoms with Gasteiger partial charge in [0.05, 0.1) is 0 Å². The van der Waals surface area contributed by atoms with Gasteiger partial charge in [0.15, 0.2) is 13.2 Å². The molecule has 0 radical (unpaired) electrons. The van der Waals surface area contributed by atoms with Crippen LogP contribution in [0.1, 0.15) is 89.5 Å². The first-order valence-corrected chi connectivity index (χ1v) is 11.3. The highest BCUT2D eigenvalue weighted by molar-refractivity contribution is 5.69. The second-order valence-electron chi connectivity index (χ2n) is 7.77. The molecule has 1 rings (SSSR count). The number of rotatable bonds is 19. The Bertz CT molecular complexity index is 614. The lowest BCUT2D eigenvalue weighted by molar-refractivity contribution is -0.140. The summed E-state index contributed by atoms with van der Waals surface area (Å²) < 4.78 is 10.5. The molecule has 0 spiro atoms. The fraction of sp³-hybridized carbons (Fsp3) is 0.667. The Morgan fingerprint density at radius 3 is 1.77 bits per heavy atom. The highest BCUT2D eigenvalue weighted by Gasteiger charge is 2.09. The van der Waals surface area contributed by atoms with Gasteiger partial charge >= 0.3 is 11.9 Å². The maximum absolute atomic E-state index is 10.8. The predicted molar refractivity (Wildman–Crippen MR) is 117 cm³/mol. The maximum atomic E-state index is 10.8. The number of aryl methyl sites for hydroxylation is 1. The van der Waals surface area contributed by atoms with Gasteiger partial charge in [-0.15, -0.1) is 0 Å². The molecule has 0 heterocycles. The van der Waals surface area contributed by atoms with Crippen LogP contribution in [0.25, 0.3) is 0 Å². The molecule has 0 unspecified atom stereocenters. The maximum Gasteiger partial charge on any atom is 0.341 e. The quantitative estimate of drug-likeness (QED) is 0.271. The van der Waals surface area contributed by atoms with Crippen molar-refractivity contribution in [1.29, 1.82) is 0 Å². The van der Waals surface area contributed by atoms with E-state index < -0.39 is 25.2 Å². The SMILES string of the molecule is CCCCCCCCCCCCCCc1ccc(OCC(=O)O)cc1OCC(=O)O. The minimum atomic E-state index is -1.07.